The largest absolute Gasteiger partial charge is 0.467 e. The number of hydrogen-bond acceptors (Lipinski definition) is 3. The highest BCUT2D eigenvalue weighted by atomic mass is 16.5. The average Bonchev–Trinajstić information content (AvgIpc) is 2.41. The number of carbonyl (C=O) groups is 2. The summed E-state index contributed by atoms with van der Waals surface area (Å²) in [6, 6.07) is -0.718. The Morgan fingerprint density at radius 2 is 1.85 bits per heavy atom. The van der Waals surface area contributed by atoms with Crippen molar-refractivity contribution >= 4 is 12.0 Å². The van der Waals surface area contributed by atoms with Crippen molar-refractivity contribution in [3.8, 4) is 0 Å². The van der Waals surface area contributed by atoms with Crippen LogP contribution in [0.25, 0.3) is 0 Å². The van der Waals surface area contributed by atoms with E-state index in [9.17, 15) is 9.59 Å². The number of nitrogens with one attached hydrogen (secondary N) is 1. The second-order valence-electron chi connectivity index (χ2n) is 6.19. The molecule has 1 rings (SSSR count). The fourth-order valence-corrected chi connectivity index (χ4v) is 2.85. The summed E-state index contributed by atoms with van der Waals surface area (Å²) in [5.74, 6) is 0.700. The summed E-state index contributed by atoms with van der Waals surface area (Å²) in [7, 11) is 1.36. The Morgan fingerprint density at radius 3 is 2.30 bits per heavy atom. The van der Waals surface area contributed by atoms with Gasteiger partial charge in [-0.2, -0.15) is 0 Å². The van der Waals surface area contributed by atoms with Crippen molar-refractivity contribution in [3.63, 3.8) is 0 Å². The lowest BCUT2D eigenvalue weighted by molar-refractivity contribution is -0.144. The number of methoxy groups -OCH3 is 1. The Bertz CT molecular complexity index is 336. The first-order valence-electron chi connectivity index (χ1n) is 7.52. The van der Waals surface area contributed by atoms with Crippen LogP contribution in [0.15, 0.2) is 0 Å². The van der Waals surface area contributed by atoms with Crippen molar-refractivity contribution in [2.45, 2.75) is 46.6 Å². The first-order valence-corrected chi connectivity index (χ1v) is 7.52. The quantitative estimate of drug-likeness (QED) is 0.806. The molecule has 1 heterocycles. The Labute approximate surface area is 122 Å². The van der Waals surface area contributed by atoms with Crippen molar-refractivity contribution in [2.24, 2.45) is 17.8 Å². The second kappa shape index (κ2) is 7.50. The van der Waals surface area contributed by atoms with E-state index in [1.54, 1.807) is 0 Å². The molecule has 2 amide bonds. The van der Waals surface area contributed by atoms with E-state index >= 15 is 0 Å². The van der Waals surface area contributed by atoms with Crippen molar-refractivity contribution in [2.75, 3.05) is 20.2 Å². The first-order chi connectivity index (χ1) is 9.38. The molecule has 0 saturated carbocycles. The molecule has 1 N–H and O–H groups in total. The van der Waals surface area contributed by atoms with Crippen LogP contribution in [0.2, 0.25) is 0 Å². The van der Waals surface area contributed by atoms with E-state index in [1.807, 2.05) is 18.7 Å². The number of rotatable bonds is 4. The zero-order chi connectivity index (χ0) is 15.3. The van der Waals surface area contributed by atoms with Crippen LogP contribution >= 0.6 is 0 Å². The third kappa shape index (κ3) is 4.39. The fraction of sp³-hybridized carbons (Fsp3) is 0.867. The lowest BCUT2D eigenvalue weighted by Gasteiger charge is -2.36. The number of nitrogens with zero attached hydrogens (tertiary/aromatic N) is 1. The normalized spacial score (nSPS) is 25.8. The molecule has 1 aliphatic rings. The van der Waals surface area contributed by atoms with Gasteiger partial charge in [-0.05, 0) is 24.2 Å². The first kappa shape index (κ1) is 16.8. The molecule has 0 spiro atoms. The lowest BCUT2D eigenvalue weighted by atomic mass is 9.92. The molecule has 5 nitrogen and oxygen atoms in total. The molecule has 20 heavy (non-hydrogen) atoms. The van der Waals surface area contributed by atoms with E-state index in [0.717, 1.165) is 25.9 Å². The summed E-state index contributed by atoms with van der Waals surface area (Å²) < 4.78 is 4.79. The van der Waals surface area contributed by atoms with Gasteiger partial charge >= 0.3 is 12.0 Å². The number of esters is 1. The van der Waals surface area contributed by atoms with Crippen LogP contribution in [0, 0.1) is 17.8 Å². The van der Waals surface area contributed by atoms with Crippen LogP contribution in [0.1, 0.15) is 40.5 Å². The molecular weight excluding hydrogens is 256 g/mol. The Balaban J connectivity index is 2.67. The molecule has 1 saturated heterocycles. The van der Waals surface area contributed by atoms with Gasteiger partial charge in [0.05, 0.1) is 7.11 Å². The van der Waals surface area contributed by atoms with Crippen LogP contribution in [0.5, 0.6) is 0 Å². The van der Waals surface area contributed by atoms with Gasteiger partial charge in [0.2, 0.25) is 0 Å². The highest BCUT2D eigenvalue weighted by molar-refractivity contribution is 5.83. The molecule has 0 aromatic heterocycles. The summed E-state index contributed by atoms with van der Waals surface area (Å²) >= 11 is 0. The Kier molecular flexibility index (Phi) is 6.30. The van der Waals surface area contributed by atoms with Gasteiger partial charge in [-0.3, -0.25) is 0 Å². The number of urea groups is 1. The van der Waals surface area contributed by atoms with E-state index in [4.69, 9.17) is 4.74 Å². The maximum absolute atomic E-state index is 12.3. The Morgan fingerprint density at radius 1 is 1.30 bits per heavy atom. The summed E-state index contributed by atoms with van der Waals surface area (Å²) in [6.07, 6.45) is 1.96. The molecular formula is C15H28N2O3. The van der Waals surface area contributed by atoms with Crippen molar-refractivity contribution in [1.82, 2.24) is 10.2 Å². The van der Waals surface area contributed by atoms with Gasteiger partial charge in [0.1, 0.15) is 6.04 Å². The van der Waals surface area contributed by atoms with E-state index in [-0.39, 0.29) is 17.9 Å². The van der Waals surface area contributed by atoms with Gasteiger partial charge in [-0.15, -0.1) is 0 Å². The number of hydrogen-bond donors (Lipinski definition) is 1. The van der Waals surface area contributed by atoms with Crippen molar-refractivity contribution in [3.05, 3.63) is 0 Å². The predicted molar refractivity (Wildman–Crippen MR) is 78.3 cm³/mol. The molecule has 0 aromatic carbocycles. The monoisotopic (exact) mass is 284 g/mol. The lowest BCUT2D eigenvalue weighted by Crippen LogP contribution is -2.53. The van der Waals surface area contributed by atoms with Gasteiger partial charge < -0.3 is 15.0 Å². The standard InChI is InChI=1S/C15H28N2O3/c1-6-12(4)13(14(18)20-5)16-15(19)17-8-10(2)7-11(3)9-17/h10-13H,6-9H2,1-5H3,(H,16,19)/t10-,11+,12?,13-/m0/s1. The predicted octanol–water partition coefficient (Wildman–Crippen LogP) is 2.26. The number of piperidine rings is 1. The maximum atomic E-state index is 12.3. The van der Waals surface area contributed by atoms with Crippen LogP contribution in [0.3, 0.4) is 0 Å². The molecule has 0 aliphatic carbocycles. The highest BCUT2D eigenvalue weighted by Gasteiger charge is 2.31. The number of amides is 2. The van der Waals surface area contributed by atoms with Crippen LogP contribution < -0.4 is 5.32 Å². The molecule has 1 fully saturated rings. The summed E-state index contributed by atoms with van der Waals surface area (Å²) in [5.41, 5.74) is 0. The second-order valence-corrected chi connectivity index (χ2v) is 6.19. The third-order valence-corrected chi connectivity index (χ3v) is 4.10. The van der Waals surface area contributed by atoms with Crippen molar-refractivity contribution < 1.29 is 14.3 Å². The molecule has 116 valence electrons. The summed E-state index contributed by atoms with van der Waals surface area (Å²) in [4.78, 5) is 26.0. The van der Waals surface area contributed by atoms with Gasteiger partial charge in [-0.25, -0.2) is 9.59 Å². The minimum Gasteiger partial charge on any atom is -0.467 e. The highest BCUT2D eigenvalue weighted by Crippen LogP contribution is 2.21. The minimum atomic E-state index is -0.565. The maximum Gasteiger partial charge on any atom is 0.328 e. The smallest absolute Gasteiger partial charge is 0.328 e. The topological polar surface area (TPSA) is 58.6 Å². The third-order valence-electron chi connectivity index (χ3n) is 4.10. The number of likely N-dealkylation sites (tertiary alicyclic amines) is 1. The summed E-state index contributed by atoms with van der Waals surface area (Å²) in [6.45, 7) is 9.76. The molecule has 4 atom stereocenters. The minimum absolute atomic E-state index is 0.0611. The molecule has 1 aliphatic heterocycles. The zero-order valence-corrected chi connectivity index (χ0v) is 13.3. The molecule has 0 radical (unpaired) electrons. The summed E-state index contributed by atoms with van der Waals surface area (Å²) in [5, 5.41) is 2.84. The van der Waals surface area contributed by atoms with Crippen LogP contribution in [0.4, 0.5) is 4.79 Å². The molecule has 5 heteroatoms. The van der Waals surface area contributed by atoms with E-state index in [1.165, 1.54) is 7.11 Å². The van der Waals surface area contributed by atoms with Gasteiger partial charge in [0.15, 0.2) is 0 Å². The molecule has 1 unspecified atom stereocenters. The van der Waals surface area contributed by atoms with E-state index in [2.05, 4.69) is 19.2 Å². The van der Waals surface area contributed by atoms with Crippen molar-refractivity contribution in [1.29, 1.82) is 0 Å². The van der Waals surface area contributed by atoms with Crippen LogP contribution in [-0.4, -0.2) is 43.1 Å². The molecule has 0 aromatic rings. The Hall–Kier alpha value is -1.26. The van der Waals surface area contributed by atoms with Gasteiger partial charge in [-0.1, -0.05) is 34.1 Å². The zero-order valence-electron chi connectivity index (χ0n) is 13.3. The number of carbonyl (C=O) groups excluding carboxylic acids is 2. The average molecular weight is 284 g/mol. The molecule has 0 bridgehead atoms. The van der Waals surface area contributed by atoms with E-state index < -0.39 is 6.04 Å². The van der Waals surface area contributed by atoms with Gasteiger partial charge in [0, 0.05) is 13.1 Å². The SMILES string of the molecule is CCC(C)[C@H](NC(=O)N1C[C@H](C)C[C@H](C)C1)C(=O)OC. The fourth-order valence-electron chi connectivity index (χ4n) is 2.85. The van der Waals surface area contributed by atoms with E-state index in [0.29, 0.717) is 11.8 Å². The van der Waals surface area contributed by atoms with Crippen LogP contribution in [-0.2, 0) is 9.53 Å². The van der Waals surface area contributed by atoms with Gasteiger partial charge in [0.25, 0.3) is 0 Å². The number of ether oxygens (including phenoxy) is 1.